The van der Waals surface area contributed by atoms with E-state index in [1.165, 1.54) is 25.2 Å². The van der Waals surface area contributed by atoms with Gasteiger partial charge in [0.2, 0.25) is 5.88 Å². The van der Waals surface area contributed by atoms with E-state index in [1.54, 1.807) is 0 Å². The van der Waals surface area contributed by atoms with Crippen LogP contribution in [0.4, 0.5) is 0 Å². The summed E-state index contributed by atoms with van der Waals surface area (Å²) in [6, 6.07) is 2.66. The number of nitriles is 1. The van der Waals surface area contributed by atoms with E-state index in [0.29, 0.717) is 18.2 Å². The molecule has 16 heavy (non-hydrogen) atoms. The highest BCUT2D eigenvalue weighted by Gasteiger charge is 2.25. The number of nitrogens with zero attached hydrogens (tertiary/aromatic N) is 4. The first-order valence-corrected chi connectivity index (χ1v) is 5.35. The second-order valence-corrected chi connectivity index (χ2v) is 3.91. The summed E-state index contributed by atoms with van der Waals surface area (Å²) in [4.78, 5) is 10.2. The molecule has 1 heterocycles. The molecule has 0 aromatic carbocycles. The molecule has 0 N–H and O–H groups in total. The third kappa shape index (κ3) is 2.91. The second kappa shape index (κ2) is 4.90. The van der Waals surface area contributed by atoms with Crippen LogP contribution < -0.4 is 4.74 Å². The standard InChI is InChI=1S/C11H14N4O/c1-15(10-2-3-10)4-5-16-11-8-13-9(6-12)7-14-11/h7-8,10H,2-5H2,1H3. The molecule has 2 rings (SSSR count). The van der Waals surface area contributed by atoms with Crippen molar-refractivity contribution in [3.63, 3.8) is 0 Å². The molecule has 1 aromatic rings. The van der Waals surface area contributed by atoms with E-state index in [2.05, 4.69) is 21.9 Å². The van der Waals surface area contributed by atoms with E-state index in [9.17, 15) is 0 Å². The fraction of sp³-hybridized carbons (Fsp3) is 0.545. The molecule has 0 radical (unpaired) electrons. The molecule has 0 spiro atoms. The summed E-state index contributed by atoms with van der Waals surface area (Å²) in [5, 5.41) is 8.55. The van der Waals surface area contributed by atoms with Crippen LogP contribution in [0.1, 0.15) is 18.5 Å². The Morgan fingerprint density at radius 1 is 1.50 bits per heavy atom. The summed E-state index contributed by atoms with van der Waals surface area (Å²) in [7, 11) is 2.10. The summed E-state index contributed by atoms with van der Waals surface area (Å²) in [6.45, 7) is 1.50. The first-order chi connectivity index (χ1) is 7.79. The highest BCUT2D eigenvalue weighted by molar-refractivity contribution is 5.18. The quantitative estimate of drug-likeness (QED) is 0.732. The van der Waals surface area contributed by atoms with Crippen molar-refractivity contribution in [1.82, 2.24) is 14.9 Å². The van der Waals surface area contributed by atoms with Gasteiger partial charge in [-0.2, -0.15) is 5.26 Å². The van der Waals surface area contributed by atoms with Crippen molar-refractivity contribution >= 4 is 0 Å². The molecule has 1 aliphatic rings. The number of likely N-dealkylation sites (N-methyl/N-ethyl adjacent to an activating group) is 1. The lowest BCUT2D eigenvalue weighted by Crippen LogP contribution is -2.26. The van der Waals surface area contributed by atoms with Crippen molar-refractivity contribution in [3.8, 4) is 11.9 Å². The van der Waals surface area contributed by atoms with Crippen molar-refractivity contribution in [2.24, 2.45) is 0 Å². The van der Waals surface area contributed by atoms with E-state index in [4.69, 9.17) is 10.00 Å². The lowest BCUT2D eigenvalue weighted by Gasteiger charge is -2.15. The molecular weight excluding hydrogens is 204 g/mol. The lowest BCUT2D eigenvalue weighted by molar-refractivity contribution is 0.226. The first-order valence-electron chi connectivity index (χ1n) is 5.35. The molecule has 0 aliphatic heterocycles. The molecule has 1 fully saturated rings. The van der Waals surface area contributed by atoms with Gasteiger partial charge in [0.15, 0.2) is 5.69 Å². The normalized spacial score (nSPS) is 14.8. The minimum Gasteiger partial charge on any atom is -0.475 e. The SMILES string of the molecule is CN(CCOc1cnc(C#N)cn1)C1CC1. The number of rotatable bonds is 5. The third-order valence-corrected chi connectivity index (χ3v) is 2.61. The van der Waals surface area contributed by atoms with Gasteiger partial charge < -0.3 is 9.64 Å². The molecule has 1 aromatic heterocycles. The van der Waals surface area contributed by atoms with Gasteiger partial charge in [0.25, 0.3) is 0 Å². The largest absolute Gasteiger partial charge is 0.475 e. The van der Waals surface area contributed by atoms with Crippen molar-refractivity contribution < 1.29 is 4.74 Å². The fourth-order valence-electron chi connectivity index (χ4n) is 1.44. The second-order valence-electron chi connectivity index (χ2n) is 3.91. The predicted octanol–water partition coefficient (Wildman–Crippen LogP) is 0.821. The van der Waals surface area contributed by atoms with Crippen LogP contribution in [0.25, 0.3) is 0 Å². The van der Waals surface area contributed by atoms with Crippen molar-refractivity contribution in [3.05, 3.63) is 18.1 Å². The molecule has 0 atom stereocenters. The Kier molecular flexibility index (Phi) is 3.32. The van der Waals surface area contributed by atoms with Crippen LogP contribution in [0.3, 0.4) is 0 Å². The van der Waals surface area contributed by atoms with Crippen LogP contribution in [-0.4, -0.2) is 41.1 Å². The smallest absolute Gasteiger partial charge is 0.232 e. The summed E-state index contributed by atoms with van der Waals surface area (Å²) >= 11 is 0. The van der Waals surface area contributed by atoms with Crippen molar-refractivity contribution in [2.75, 3.05) is 20.2 Å². The summed E-state index contributed by atoms with van der Waals surface area (Å²) < 4.78 is 5.43. The van der Waals surface area contributed by atoms with Gasteiger partial charge >= 0.3 is 0 Å². The molecule has 5 heteroatoms. The summed E-state index contributed by atoms with van der Waals surface area (Å²) in [6.07, 6.45) is 5.50. The highest BCUT2D eigenvalue weighted by atomic mass is 16.5. The molecule has 1 saturated carbocycles. The zero-order valence-electron chi connectivity index (χ0n) is 9.26. The molecule has 0 saturated heterocycles. The number of ether oxygens (including phenoxy) is 1. The lowest BCUT2D eigenvalue weighted by atomic mass is 10.5. The van der Waals surface area contributed by atoms with Crippen LogP contribution in [0.2, 0.25) is 0 Å². The van der Waals surface area contributed by atoms with E-state index in [0.717, 1.165) is 12.6 Å². The van der Waals surface area contributed by atoms with Crippen LogP contribution in [0.5, 0.6) is 5.88 Å². The van der Waals surface area contributed by atoms with Gasteiger partial charge in [0, 0.05) is 12.6 Å². The van der Waals surface area contributed by atoms with Gasteiger partial charge in [-0.1, -0.05) is 0 Å². The highest BCUT2D eigenvalue weighted by Crippen LogP contribution is 2.24. The number of hydrogen-bond acceptors (Lipinski definition) is 5. The van der Waals surface area contributed by atoms with Crippen molar-refractivity contribution in [1.29, 1.82) is 5.26 Å². The molecule has 0 amide bonds. The van der Waals surface area contributed by atoms with E-state index in [-0.39, 0.29) is 0 Å². The molecular formula is C11H14N4O. The van der Waals surface area contributed by atoms with Crippen molar-refractivity contribution in [2.45, 2.75) is 18.9 Å². The average Bonchev–Trinajstić information content (AvgIpc) is 3.14. The van der Waals surface area contributed by atoms with E-state index < -0.39 is 0 Å². The Hall–Kier alpha value is -1.67. The molecule has 0 bridgehead atoms. The van der Waals surface area contributed by atoms with Gasteiger partial charge in [-0.3, -0.25) is 0 Å². The van der Waals surface area contributed by atoms with Crippen LogP contribution in [0, 0.1) is 11.3 Å². The average molecular weight is 218 g/mol. The van der Waals surface area contributed by atoms with Gasteiger partial charge in [0.1, 0.15) is 12.7 Å². The maximum absolute atomic E-state index is 8.55. The van der Waals surface area contributed by atoms with Gasteiger partial charge in [0.05, 0.1) is 12.4 Å². The predicted molar refractivity (Wildman–Crippen MR) is 57.9 cm³/mol. The Bertz CT molecular complexity index is 380. The Morgan fingerprint density at radius 2 is 2.31 bits per heavy atom. The Balaban J connectivity index is 1.74. The topological polar surface area (TPSA) is 62.0 Å². The minimum absolute atomic E-state index is 0.308. The molecule has 5 nitrogen and oxygen atoms in total. The van der Waals surface area contributed by atoms with Crippen LogP contribution in [-0.2, 0) is 0 Å². The third-order valence-electron chi connectivity index (χ3n) is 2.61. The Morgan fingerprint density at radius 3 is 2.88 bits per heavy atom. The van der Waals surface area contributed by atoms with Gasteiger partial charge in [-0.05, 0) is 19.9 Å². The van der Waals surface area contributed by atoms with Gasteiger partial charge in [-0.25, -0.2) is 9.97 Å². The van der Waals surface area contributed by atoms with Gasteiger partial charge in [-0.15, -0.1) is 0 Å². The summed E-state index contributed by atoms with van der Waals surface area (Å²) in [5.41, 5.74) is 0.308. The zero-order chi connectivity index (χ0) is 11.4. The first kappa shape index (κ1) is 10.8. The number of aromatic nitrogens is 2. The molecule has 84 valence electrons. The Labute approximate surface area is 94.7 Å². The fourth-order valence-corrected chi connectivity index (χ4v) is 1.44. The van der Waals surface area contributed by atoms with E-state index in [1.807, 2.05) is 6.07 Å². The molecule has 0 unspecified atom stereocenters. The summed E-state index contributed by atoms with van der Waals surface area (Å²) in [5.74, 6) is 0.475. The minimum atomic E-state index is 0.308. The van der Waals surface area contributed by atoms with E-state index >= 15 is 0 Å². The van der Waals surface area contributed by atoms with Crippen LogP contribution in [0.15, 0.2) is 12.4 Å². The maximum atomic E-state index is 8.55. The van der Waals surface area contributed by atoms with Crippen LogP contribution >= 0.6 is 0 Å². The number of hydrogen-bond donors (Lipinski definition) is 0. The monoisotopic (exact) mass is 218 g/mol. The zero-order valence-corrected chi connectivity index (χ0v) is 9.26. The maximum Gasteiger partial charge on any atom is 0.232 e. The molecule has 1 aliphatic carbocycles.